The van der Waals surface area contributed by atoms with E-state index >= 15 is 0 Å². The lowest BCUT2D eigenvalue weighted by molar-refractivity contribution is -0.140. The summed E-state index contributed by atoms with van der Waals surface area (Å²) < 4.78 is 5.38. The molecule has 1 aromatic heterocycles. The molecule has 1 N–H and O–H groups in total. The number of rotatable bonds is 4. The van der Waals surface area contributed by atoms with Crippen LogP contribution in [-0.4, -0.2) is 21.7 Å². The molecular formula is C23H18ClNO4. The predicted molar refractivity (Wildman–Crippen MR) is 109 cm³/mol. The maximum Gasteiger partial charge on any atom is 0.296 e. The fourth-order valence-electron chi connectivity index (χ4n) is 3.47. The molecule has 1 aliphatic heterocycles. The Labute approximate surface area is 172 Å². The number of furan rings is 1. The summed E-state index contributed by atoms with van der Waals surface area (Å²) in [5, 5.41) is 11.5. The van der Waals surface area contributed by atoms with Crippen molar-refractivity contribution in [1.82, 2.24) is 4.90 Å². The van der Waals surface area contributed by atoms with Crippen molar-refractivity contribution in [2.75, 3.05) is 0 Å². The van der Waals surface area contributed by atoms with Crippen LogP contribution in [0.25, 0.3) is 5.76 Å². The van der Waals surface area contributed by atoms with Gasteiger partial charge in [0, 0.05) is 10.6 Å². The summed E-state index contributed by atoms with van der Waals surface area (Å²) >= 11 is 5.93. The number of aliphatic hydroxyl groups excluding tert-OH is 1. The van der Waals surface area contributed by atoms with Gasteiger partial charge in [0.2, 0.25) is 0 Å². The van der Waals surface area contributed by atoms with Crippen LogP contribution in [0, 0.1) is 6.92 Å². The van der Waals surface area contributed by atoms with Crippen LogP contribution < -0.4 is 0 Å². The zero-order valence-electron chi connectivity index (χ0n) is 15.6. The monoisotopic (exact) mass is 407 g/mol. The molecule has 0 spiro atoms. The zero-order valence-corrected chi connectivity index (χ0v) is 16.4. The number of hydrogen-bond acceptors (Lipinski definition) is 4. The van der Waals surface area contributed by atoms with Crippen molar-refractivity contribution in [2.24, 2.45) is 0 Å². The molecule has 2 aromatic carbocycles. The third-order valence-electron chi connectivity index (χ3n) is 4.96. The molecule has 5 nitrogen and oxygen atoms in total. The lowest BCUT2D eigenvalue weighted by Gasteiger charge is -2.24. The highest BCUT2D eigenvalue weighted by molar-refractivity contribution is 6.46. The highest BCUT2D eigenvalue weighted by Crippen LogP contribution is 2.40. The Morgan fingerprint density at radius 2 is 1.76 bits per heavy atom. The molecule has 1 fully saturated rings. The van der Waals surface area contributed by atoms with E-state index < -0.39 is 17.7 Å². The molecule has 0 radical (unpaired) electrons. The largest absolute Gasteiger partial charge is 0.507 e. The number of halogens is 1. The lowest BCUT2D eigenvalue weighted by atomic mass is 9.94. The summed E-state index contributed by atoms with van der Waals surface area (Å²) in [7, 11) is 0. The van der Waals surface area contributed by atoms with Crippen molar-refractivity contribution in [3.8, 4) is 0 Å². The van der Waals surface area contributed by atoms with Crippen LogP contribution in [0.3, 0.4) is 0 Å². The molecule has 0 bridgehead atoms. The minimum Gasteiger partial charge on any atom is -0.507 e. The number of likely N-dealkylation sites (tertiary alicyclic amines) is 1. The van der Waals surface area contributed by atoms with Gasteiger partial charge in [-0.05, 0) is 48.9 Å². The molecule has 4 rings (SSSR count). The summed E-state index contributed by atoms with van der Waals surface area (Å²) in [4.78, 5) is 27.2. The number of benzene rings is 2. The van der Waals surface area contributed by atoms with E-state index in [0.29, 0.717) is 16.3 Å². The standard InChI is InChI=1S/C23H18ClNO4/c1-14-4-6-15(7-5-14)20-19(21(26)16-8-10-17(24)11-9-16)22(27)23(28)25(20)13-18-3-2-12-29-18/h2-12,20,26H,13H2,1H3/b21-19+/t20-/m1/s1. The van der Waals surface area contributed by atoms with Crippen molar-refractivity contribution < 1.29 is 19.1 Å². The number of hydrogen-bond donors (Lipinski definition) is 1. The van der Waals surface area contributed by atoms with Crippen molar-refractivity contribution in [3.63, 3.8) is 0 Å². The van der Waals surface area contributed by atoms with E-state index in [4.69, 9.17) is 16.0 Å². The van der Waals surface area contributed by atoms with E-state index in [-0.39, 0.29) is 17.9 Å². The molecule has 0 unspecified atom stereocenters. The van der Waals surface area contributed by atoms with E-state index in [2.05, 4.69) is 0 Å². The molecule has 0 saturated carbocycles. The first-order valence-corrected chi connectivity index (χ1v) is 9.47. The van der Waals surface area contributed by atoms with Crippen LogP contribution in [0.4, 0.5) is 0 Å². The molecule has 29 heavy (non-hydrogen) atoms. The number of amides is 1. The van der Waals surface area contributed by atoms with Gasteiger partial charge in [0.15, 0.2) is 0 Å². The molecule has 3 aromatic rings. The van der Waals surface area contributed by atoms with Crippen LogP contribution in [0.5, 0.6) is 0 Å². The summed E-state index contributed by atoms with van der Waals surface area (Å²) in [6, 6.07) is 16.7. The number of Topliss-reactive ketones (excluding diaryl/α,β-unsaturated/α-hetero) is 1. The topological polar surface area (TPSA) is 70.8 Å². The first-order valence-electron chi connectivity index (χ1n) is 9.09. The van der Waals surface area contributed by atoms with Gasteiger partial charge in [0.05, 0.1) is 24.4 Å². The van der Waals surface area contributed by atoms with Gasteiger partial charge in [0.25, 0.3) is 11.7 Å². The van der Waals surface area contributed by atoms with Crippen molar-refractivity contribution in [2.45, 2.75) is 19.5 Å². The molecule has 1 aliphatic rings. The number of aliphatic hydroxyl groups is 1. The maximum atomic E-state index is 12.9. The molecule has 1 saturated heterocycles. The fraction of sp³-hybridized carbons (Fsp3) is 0.130. The second-order valence-electron chi connectivity index (χ2n) is 6.92. The van der Waals surface area contributed by atoms with E-state index in [1.54, 1.807) is 36.4 Å². The first kappa shape index (κ1) is 19.0. The van der Waals surface area contributed by atoms with Crippen molar-refractivity contribution >= 4 is 29.1 Å². The first-order chi connectivity index (χ1) is 14.0. The molecule has 6 heteroatoms. The van der Waals surface area contributed by atoms with Gasteiger partial charge < -0.3 is 14.4 Å². The quantitative estimate of drug-likeness (QED) is 0.381. The van der Waals surface area contributed by atoms with Crippen molar-refractivity contribution in [1.29, 1.82) is 0 Å². The molecule has 0 aliphatic carbocycles. The summed E-state index contributed by atoms with van der Waals surface area (Å²) in [5.74, 6) is -1.08. The van der Waals surface area contributed by atoms with Gasteiger partial charge >= 0.3 is 0 Å². The number of aryl methyl sites for hydroxylation is 1. The Bertz CT molecular complexity index is 1080. The van der Waals surface area contributed by atoms with Crippen LogP contribution >= 0.6 is 11.6 Å². The SMILES string of the molecule is Cc1ccc([C@@H]2/C(=C(\O)c3ccc(Cl)cc3)C(=O)C(=O)N2Cc2ccco2)cc1. The van der Waals surface area contributed by atoms with Gasteiger partial charge in [0.1, 0.15) is 11.5 Å². The molecule has 1 atom stereocenters. The Morgan fingerprint density at radius 3 is 2.38 bits per heavy atom. The van der Waals surface area contributed by atoms with Gasteiger partial charge in [-0.1, -0.05) is 41.4 Å². The van der Waals surface area contributed by atoms with E-state index in [1.165, 1.54) is 11.2 Å². The Morgan fingerprint density at radius 1 is 1.07 bits per heavy atom. The Hall–Kier alpha value is -3.31. The lowest BCUT2D eigenvalue weighted by Crippen LogP contribution is -2.29. The average Bonchev–Trinajstić information content (AvgIpc) is 3.31. The summed E-state index contributed by atoms with van der Waals surface area (Å²) in [6.07, 6.45) is 1.51. The number of carbonyl (C=O) groups excluding carboxylic acids is 2. The summed E-state index contributed by atoms with van der Waals surface area (Å²) in [6.45, 7) is 2.07. The third kappa shape index (κ3) is 3.57. The maximum absolute atomic E-state index is 12.9. The third-order valence-corrected chi connectivity index (χ3v) is 5.21. The van der Waals surface area contributed by atoms with E-state index in [0.717, 1.165) is 11.1 Å². The normalized spacial score (nSPS) is 18.4. The predicted octanol–water partition coefficient (Wildman–Crippen LogP) is 4.86. The Kier molecular flexibility index (Phi) is 4.99. The van der Waals surface area contributed by atoms with E-state index in [1.807, 2.05) is 31.2 Å². The smallest absolute Gasteiger partial charge is 0.296 e. The Balaban J connectivity index is 1.86. The van der Waals surface area contributed by atoms with Gasteiger partial charge in [-0.15, -0.1) is 0 Å². The second kappa shape index (κ2) is 7.60. The number of ketones is 1. The van der Waals surface area contributed by atoms with Gasteiger partial charge in [-0.2, -0.15) is 0 Å². The zero-order chi connectivity index (χ0) is 20.5. The van der Waals surface area contributed by atoms with Crippen LogP contribution in [0.2, 0.25) is 5.02 Å². The second-order valence-corrected chi connectivity index (χ2v) is 7.36. The number of nitrogens with zero attached hydrogens (tertiary/aromatic N) is 1. The minimum absolute atomic E-state index is 0.0488. The summed E-state index contributed by atoms with van der Waals surface area (Å²) in [5.41, 5.74) is 2.25. The highest BCUT2D eigenvalue weighted by atomic mass is 35.5. The van der Waals surface area contributed by atoms with Crippen LogP contribution in [-0.2, 0) is 16.1 Å². The van der Waals surface area contributed by atoms with Crippen LogP contribution in [0.1, 0.15) is 28.5 Å². The van der Waals surface area contributed by atoms with E-state index in [9.17, 15) is 14.7 Å². The van der Waals surface area contributed by atoms with Gasteiger partial charge in [-0.3, -0.25) is 9.59 Å². The highest BCUT2D eigenvalue weighted by Gasteiger charge is 2.46. The van der Waals surface area contributed by atoms with Gasteiger partial charge in [-0.25, -0.2) is 0 Å². The van der Waals surface area contributed by atoms with Crippen LogP contribution in [0.15, 0.2) is 76.9 Å². The number of carbonyl (C=O) groups is 2. The molecule has 146 valence electrons. The minimum atomic E-state index is -0.727. The average molecular weight is 408 g/mol. The molecule has 1 amide bonds. The molecular weight excluding hydrogens is 390 g/mol. The fourth-order valence-corrected chi connectivity index (χ4v) is 3.60. The van der Waals surface area contributed by atoms with Crippen molar-refractivity contribution in [3.05, 3.63) is 100.0 Å². The molecule has 2 heterocycles.